The van der Waals surface area contributed by atoms with Crippen LogP contribution in [0.15, 0.2) is 30.3 Å². The van der Waals surface area contributed by atoms with E-state index in [0.717, 1.165) is 12.1 Å². The van der Waals surface area contributed by atoms with Gasteiger partial charge in [0.15, 0.2) is 0 Å². The maximum absolute atomic E-state index is 13.7. The zero-order valence-electron chi connectivity index (χ0n) is 13.9. The summed E-state index contributed by atoms with van der Waals surface area (Å²) in [6.45, 7) is 5.50. The molecule has 0 bridgehead atoms. The Morgan fingerprint density at radius 2 is 1.92 bits per heavy atom. The van der Waals surface area contributed by atoms with Gasteiger partial charge in [-0.25, -0.2) is 9.18 Å². The molecule has 0 aliphatic heterocycles. The zero-order valence-corrected chi connectivity index (χ0v) is 14.6. The third-order valence-corrected chi connectivity index (χ3v) is 3.58. The van der Waals surface area contributed by atoms with Gasteiger partial charge in [0.1, 0.15) is 11.6 Å². The zero-order chi connectivity index (χ0) is 18.7. The van der Waals surface area contributed by atoms with Gasteiger partial charge in [-0.2, -0.15) is 0 Å². The third kappa shape index (κ3) is 4.48. The van der Waals surface area contributed by atoms with Gasteiger partial charge in [0, 0.05) is 11.3 Å². The first-order valence-corrected chi connectivity index (χ1v) is 7.88. The highest BCUT2D eigenvalue weighted by Gasteiger charge is 2.16. The highest BCUT2D eigenvalue weighted by Crippen LogP contribution is 2.31. The summed E-state index contributed by atoms with van der Waals surface area (Å²) in [6, 6.07) is 6.43. The summed E-state index contributed by atoms with van der Waals surface area (Å²) in [6.07, 6.45) is -0.0633. The number of ether oxygens (including phenoxy) is 1. The molecule has 2 rings (SSSR count). The van der Waals surface area contributed by atoms with Gasteiger partial charge in [-0.1, -0.05) is 11.6 Å². The van der Waals surface area contributed by atoms with Crippen molar-refractivity contribution in [1.82, 2.24) is 0 Å². The lowest BCUT2D eigenvalue weighted by Crippen LogP contribution is -2.14. The highest BCUT2D eigenvalue weighted by atomic mass is 35.5. The molecule has 0 saturated carbocycles. The summed E-state index contributed by atoms with van der Waals surface area (Å²) in [4.78, 5) is 23.1. The number of anilines is 1. The van der Waals surface area contributed by atoms with Gasteiger partial charge in [0.05, 0.1) is 16.7 Å². The number of hydrogen-bond acceptors (Lipinski definition) is 3. The van der Waals surface area contributed by atoms with Gasteiger partial charge in [0.25, 0.3) is 5.91 Å². The number of carbonyl (C=O) groups excluding carboxylic acids is 1. The van der Waals surface area contributed by atoms with Crippen molar-refractivity contribution in [3.63, 3.8) is 0 Å². The Labute approximate surface area is 149 Å². The number of aromatic carboxylic acids is 1. The van der Waals surface area contributed by atoms with Crippen LogP contribution in [0.2, 0.25) is 5.02 Å². The standard InChI is InChI=1S/C18H17ClFNO4/c1-9(2)25-16-10(3)6-11(7-14(16)19)17(22)21-12-4-5-13(18(23)24)15(20)8-12/h4-9H,1-3H3,(H,21,22)(H,23,24). The van der Waals surface area contributed by atoms with Gasteiger partial charge < -0.3 is 15.2 Å². The van der Waals surface area contributed by atoms with Gasteiger partial charge in [-0.3, -0.25) is 4.79 Å². The van der Waals surface area contributed by atoms with Gasteiger partial charge >= 0.3 is 5.97 Å². The van der Waals surface area contributed by atoms with Gasteiger partial charge in [-0.15, -0.1) is 0 Å². The molecule has 0 unspecified atom stereocenters. The number of aryl methyl sites for hydroxylation is 1. The monoisotopic (exact) mass is 365 g/mol. The molecule has 0 aromatic heterocycles. The fraction of sp³-hybridized carbons (Fsp3) is 0.222. The molecule has 2 aromatic carbocycles. The van der Waals surface area contributed by atoms with Crippen LogP contribution in [-0.2, 0) is 0 Å². The molecule has 2 aromatic rings. The Hall–Kier alpha value is -2.60. The Morgan fingerprint density at radius 1 is 1.24 bits per heavy atom. The normalized spacial score (nSPS) is 10.6. The van der Waals surface area contributed by atoms with Crippen LogP contribution in [0.5, 0.6) is 5.75 Å². The molecule has 25 heavy (non-hydrogen) atoms. The van der Waals surface area contributed by atoms with Crippen molar-refractivity contribution in [2.24, 2.45) is 0 Å². The minimum absolute atomic E-state index is 0.0633. The number of rotatable bonds is 5. The smallest absolute Gasteiger partial charge is 0.338 e. The predicted molar refractivity (Wildman–Crippen MR) is 93.3 cm³/mol. The molecule has 0 spiro atoms. The van der Waals surface area contributed by atoms with Crippen LogP contribution in [0.1, 0.15) is 40.1 Å². The second-order valence-electron chi connectivity index (χ2n) is 5.72. The summed E-state index contributed by atoms with van der Waals surface area (Å²) in [5, 5.41) is 11.6. The second kappa shape index (κ2) is 7.53. The molecule has 0 atom stereocenters. The van der Waals surface area contributed by atoms with Crippen LogP contribution in [0, 0.1) is 12.7 Å². The Kier molecular flexibility index (Phi) is 5.64. The van der Waals surface area contributed by atoms with E-state index in [1.165, 1.54) is 12.1 Å². The fourth-order valence-electron chi connectivity index (χ4n) is 2.22. The van der Waals surface area contributed by atoms with Crippen LogP contribution in [0.3, 0.4) is 0 Å². The number of amides is 1. The molecule has 0 radical (unpaired) electrons. The van der Waals surface area contributed by atoms with E-state index in [2.05, 4.69) is 5.32 Å². The Morgan fingerprint density at radius 3 is 2.44 bits per heavy atom. The molecule has 1 amide bonds. The Bertz CT molecular complexity index is 813. The van der Waals surface area contributed by atoms with Crippen molar-refractivity contribution < 1.29 is 23.8 Å². The first kappa shape index (κ1) is 18.7. The van der Waals surface area contributed by atoms with Crippen molar-refractivity contribution in [2.45, 2.75) is 26.9 Å². The summed E-state index contributed by atoms with van der Waals surface area (Å²) >= 11 is 6.18. The van der Waals surface area contributed by atoms with Gasteiger partial charge in [0.2, 0.25) is 0 Å². The number of nitrogens with one attached hydrogen (secondary N) is 1. The number of halogens is 2. The number of carboxylic acids is 1. The molecular weight excluding hydrogens is 349 g/mol. The first-order valence-electron chi connectivity index (χ1n) is 7.50. The quantitative estimate of drug-likeness (QED) is 0.816. The summed E-state index contributed by atoms with van der Waals surface area (Å²) < 4.78 is 19.3. The van der Waals surface area contributed by atoms with E-state index in [9.17, 15) is 14.0 Å². The van der Waals surface area contributed by atoms with Crippen molar-refractivity contribution >= 4 is 29.2 Å². The van der Waals surface area contributed by atoms with Crippen molar-refractivity contribution in [2.75, 3.05) is 5.32 Å². The lowest BCUT2D eigenvalue weighted by Gasteiger charge is -2.15. The van der Waals surface area contributed by atoms with Crippen LogP contribution >= 0.6 is 11.6 Å². The van der Waals surface area contributed by atoms with Crippen molar-refractivity contribution in [3.05, 3.63) is 57.9 Å². The maximum atomic E-state index is 13.7. The van der Waals surface area contributed by atoms with E-state index >= 15 is 0 Å². The van der Waals surface area contributed by atoms with E-state index < -0.39 is 23.3 Å². The lowest BCUT2D eigenvalue weighted by atomic mass is 10.1. The predicted octanol–water partition coefficient (Wildman–Crippen LogP) is 4.53. The molecule has 0 aliphatic carbocycles. The number of carboxylic acid groups (broad SMARTS) is 1. The molecule has 7 heteroatoms. The number of benzene rings is 2. The molecule has 0 fully saturated rings. The molecule has 0 aliphatic rings. The van der Waals surface area contributed by atoms with Crippen LogP contribution < -0.4 is 10.1 Å². The molecule has 5 nitrogen and oxygen atoms in total. The molecule has 0 heterocycles. The third-order valence-electron chi connectivity index (χ3n) is 3.30. The van der Waals surface area contributed by atoms with Crippen molar-refractivity contribution in [1.29, 1.82) is 0 Å². The first-order chi connectivity index (χ1) is 11.7. The maximum Gasteiger partial charge on any atom is 0.338 e. The van der Waals surface area contributed by atoms with Crippen LogP contribution in [0.25, 0.3) is 0 Å². The van der Waals surface area contributed by atoms with Crippen LogP contribution in [-0.4, -0.2) is 23.1 Å². The van der Waals surface area contributed by atoms with Crippen LogP contribution in [0.4, 0.5) is 10.1 Å². The van der Waals surface area contributed by atoms with E-state index in [0.29, 0.717) is 16.3 Å². The lowest BCUT2D eigenvalue weighted by molar-refractivity contribution is 0.0691. The Balaban J connectivity index is 2.24. The second-order valence-corrected chi connectivity index (χ2v) is 6.13. The van der Waals surface area contributed by atoms with Crippen molar-refractivity contribution in [3.8, 4) is 5.75 Å². The fourth-order valence-corrected chi connectivity index (χ4v) is 2.53. The highest BCUT2D eigenvalue weighted by molar-refractivity contribution is 6.32. The molecular formula is C18H17ClFNO4. The number of carbonyl (C=O) groups is 2. The summed E-state index contributed by atoms with van der Waals surface area (Å²) in [5.74, 6) is -2.30. The topological polar surface area (TPSA) is 75.6 Å². The average Bonchev–Trinajstić information content (AvgIpc) is 2.50. The minimum atomic E-state index is -1.38. The molecule has 2 N–H and O–H groups in total. The minimum Gasteiger partial charge on any atom is -0.489 e. The number of hydrogen-bond donors (Lipinski definition) is 2. The van der Waals surface area contributed by atoms with E-state index in [-0.39, 0.29) is 17.4 Å². The summed E-state index contributed by atoms with van der Waals surface area (Å²) in [7, 11) is 0. The SMILES string of the molecule is Cc1cc(C(=O)Nc2ccc(C(=O)O)c(F)c2)cc(Cl)c1OC(C)C. The van der Waals surface area contributed by atoms with E-state index in [1.807, 2.05) is 13.8 Å². The van der Waals surface area contributed by atoms with E-state index in [4.69, 9.17) is 21.4 Å². The average molecular weight is 366 g/mol. The van der Waals surface area contributed by atoms with E-state index in [1.54, 1.807) is 13.0 Å². The summed E-state index contributed by atoms with van der Waals surface area (Å²) in [5.41, 5.74) is 0.649. The largest absolute Gasteiger partial charge is 0.489 e. The molecule has 132 valence electrons. The molecule has 0 saturated heterocycles. The van der Waals surface area contributed by atoms with Gasteiger partial charge in [-0.05, 0) is 56.7 Å².